The number of benzene rings is 2. The molecule has 1 aliphatic heterocycles. The number of ether oxygens (including phenoxy) is 1. The third kappa shape index (κ3) is 5.09. The lowest BCUT2D eigenvalue weighted by molar-refractivity contribution is -0.384. The molecule has 172 valence electrons. The maximum Gasteiger partial charge on any atom is 0.295 e. The molecule has 0 bridgehead atoms. The van der Waals surface area contributed by atoms with Crippen molar-refractivity contribution >= 4 is 23.1 Å². The highest BCUT2D eigenvalue weighted by molar-refractivity contribution is 6.46. The van der Waals surface area contributed by atoms with E-state index in [1.807, 2.05) is 19.0 Å². The van der Waals surface area contributed by atoms with Crippen LogP contribution in [0.3, 0.4) is 0 Å². The molecule has 9 heteroatoms. The monoisotopic (exact) mass is 451 g/mol. The van der Waals surface area contributed by atoms with Crippen LogP contribution in [0.15, 0.2) is 66.8 Å². The van der Waals surface area contributed by atoms with E-state index in [-0.39, 0.29) is 23.6 Å². The van der Waals surface area contributed by atoms with Crippen LogP contribution in [0.5, 0.6) is 5.75 Å². The van der Waals surface area contributed by atoms with Crippen molar-refractivity contribution in [2.45, 2.75) is 6.04 Å². The lowest BCUT2D eigenvalue weighted by Crippen LogP contribution is -2.35. The van der Waals surface area contributed by atoms with Crippen molar-refractivity contribution in [3.8, 4) is 5.75 Å². The van der Waals surface area contributed by atoms with E-state index in [1.165, 1.54) is 29.2 Å². The summed E-state index contributed by atoms with van der Waals surface area (Å²) in [6.45, 7) is 4.64. The van der Waals surface area contributed by atoms with Crippen LogP contribution in [0.2, 0.25) is 0 Å². The standard InChI is InChI=1S/C24H25N3O6/c1-4-15-33-19-11-7-17(8-12-19)22(28)20-21(16-5-9-18(10-6-16)27(31)32)26(14-13-25(2)3)24(30)23(20)29/h4-12,21,28H,1,13-15H2,2-3H3/t21-/m0/s1. The number of nitro benzene ring substituents is 1. The SMILES string of the molecule is C=CCOc1ccc(C(O)=C2C(=O)C(=O)N(CCN(C)C)[C@H]2c2ccc([N+](=O)[O-])cc2)cc1. The molecule has 2 aromatic rings. The van der Waals surface area contributed by atoms with Gasteiger partial charge in [-0.25, -0.2) is 0 Å². The third-order valence-corrected chi connectivity index (χ3v) is 5.24. The number of hydrogen-bond donors (Lipinski definition) is 1. The molecular formula is C24H25N3O6. The lowest BCUT2D eigenvalue weighted by atomic mass is 9.95. The van der Waals surface area contributed by atoms with Gasteiger partial charge in [-0.15, -0.1) is 0 Å². The van der Waals surface area contributed by atoms with Crippen LogP contribution in [-0.4, -0.2) is 65.3 Å². The summed E-state index contributed by atoms with van der Waals surface area (Å²) >= 11 is 0. The van der Waals surface area contributed by atoms with Crippen LogP contribution in [-0.2, 0) is 9.59 Å². The van der Waals surface area contributed by atoms with Gasteiger partial charge in [0.25, 0.3) is 17.4 Å². The molecule has 9 nitrogen and oxygen atoms in total. The number of nitro groups is 1. The van der Waals surface area contributed by atoms with Gasteiger partial charge in [0.15, 0.2) is 0 Å². The van der Waals surface area contributed by atoms with E-state index in [4.69, 9.17) is 4.74 Å². The minimum atomic E-state index is -0.873. The number of carbonyl (C=O) groups is 2. The zero-order valence-corrected chi connectivity index (χ0v) is 18.4. The van der Waals surface area contributed by atoms with Gasteiger partial charge >= 0.3 is 0 Å². The van der Waals surface area contributed by atoms with Crippen LogP contribution in [0, 0.1) is 10.1 Å². The summed E-state index contributed by atoms with van der Waals surface area (Å²) in [5, 5.41) is 22.1. The Morgan fingerprint density at radius 3 is 2.36 bits per heavy atom. The average molecular weight is 451 g/mol. The van der Waals surface area contributed by atoms with Crippen molar-refractivity contribution in [1.82, 2.24) is 9.80 Å². The Hall–Kier alpha value is -3.98. The zero-order valence-electron chi connectivity index (χ0n) is 18.4. The van der Waals surface area contributed by atoms with Gasteiger partial charge in [0.1, 0.15) is 18.1 Å². The summed E-state index contributed by atoms with van der Waals surface area (Å²) in [7, 11) is 3.68. The van der Waals surface area contributed by atoms with Crippen LogP contribution in [0.25, 0.3) is 5.76 Å². The number of ketones is 1. The van der Waals surface area contributed by atoms with Gasteiger partial charge in [0.2, 0.25) is 0 Å². The molecule has 0 radical (unpaired) electrons. The fraction of sp³-hybridized carbons (Fsp3) is 0.250. The number of aliphatic hydroxyl groups is 1. The number of likely N-dealkylation sites (tertiary alicyclic amines) is 1. The van der Waals surface area contributed by atoms with E-state index < -0.39 is 22.7 Å². The van der Waals surface area contributed by atoms with Crippen LogP contribution in [0.1, 0.15) is 17.2 Å². The number of carbonyl (C=O) groups excluding carboxylic acids is 2. The third-order valence-electron chi connectivity index (χ3n) is 5.24. The largest absolute Gasteiger partial charge is 0.507 e. The molecule has 1 N–H and O–H groups in total. The molecule has 3 rings (SSSR count). The Morgan fingerprint density at radius 1 is 1.18 bits per heavy atom. The summed E-state index contributed by atoms with van der Waals surface area (Å²) in [6.07, 6.45) is 1.60. The Morgan fingerprint density at radius 2 is 1.82 bits per heavy atom. The predicted octanol–water partition coefficient (Wildman–Crippen LogP) is 3.14. The minimum absolute atomic E-state index is 0.0626. The highest BCUT2D eigenvalue weighted by atomic mass is 16.6. The molecule has 33 heavy (non-hydrogen) atoms. The van der Waals surface area contributed by atoms with Crippen molar-refractivity contribution in [3.05, 3.63) is 88.0 Å². The maximum absolute atomic E-state index is 13.0. The number of Topliss-reactive ketones (excluding diaryl/α,β-unsaturated/α-hetero) is 1. The first-order valence-corrected chi connectivity index (χ1v) is 10.3. The van der Waals surface area contributed by atoms with E-state index in [9.17, 15) is 24.8 Å². The number of amides is 1. The molecule has 1 fully saturated rings. The van der Waals surface area contributed by atoms with E-state index in [0.717, 1.165) is 0 Å². The minimum Gasteiger partial charge on any atom is -0.507 e. The van der Waals surface area contributed by atoms with E-state index in [0.29, 0.717) is 30.0 Å². The lowest BCUT2D eigenvalue weighted by Gasteiger charge is -2.26. The molecular weight excluding hydrogens is 426 g/mol. The van der Waals surface area contributed by atoms with Gasteiger partial charge < -0.3 is 19.6 Å². The van der Waals surface area contributed by atoms with Crippen LogP contribution < -0.4 is 4.74 Å². The molecule has 0 aliphatic carbocycles. The maximum atomic E-state index is 13.0. The van der Waals surface area contributed by atoms with E-state index >= 15 is 0 Å². The van der Waals surface area contributed by atoms with Crippen LogP contribution >= 0.6 is 0 Å². The van der Waals surface area contributed by atoms with Gasteiger partial charge in [-0.05, 0) is 56.1 Å². The Labute approximate surface area is 191 Å². The van der Waals surface area contributed by atoms with Gasteiger partial charge in [0, 0.05) is 30.8 Å². The van der Waals surface area contributed by atoms with Crippen molar-refractivity contribution in [1.29, 1.82) is 0 Å². The molecule has 0 aromatic heterocycles. The Balaban J connectivity index is 2.07. The molecule has 1 saturated heterocycles. The Bertz CT molecular complexity index is 1090. The smallest absolute Gasteiger partial charge is 0.295 e. The van der Waals surface area contributed by atoms with E-state index in [2.05, 4.69) is 6.58 Å². The first kappa shape index (κ1) is 23.7. The summed E-state index contributed by atoms with van der Waals surface area (Å²) in [4.78, 5) is 39.6. The summed E-state index contributed by atoms with van der Waals surface area (Å²) in [5.74, 6) is -1.29. The van der Waals surface area contributed by atoms with Gasteiger partial charge in [0.05, 0.1) is 16.5 Å². The van der Waals surface area contributed by atoms with Gasteiger partial charge in [-0.3, -0.25) is 19.7 Å². The molecule has 0 unspecified atom stereocenters. The van der Waals surface area contributed by atoms with E-state index in [1.54, 1.807) is 30.3 Å². The van der Waals surface area contributed by atoms with Gasteiger partial charge in [-0.2, -0.15) is 0 Å². The number of nitrogens with zero attached hydrogens (tertiary/aromatic N) is 3. The number of aliphatic hydroxyl groups excluding tert-OH is 1. The van der Waals surface area contributed by atoms with Gasteiger partial charge in [-0.1, -0.05) is 12.7 Å². The van der Waals surface area contributed by atoms with Crippen molar-refractivity contribution in [2.75, 3.05) is 33.8 Å². The second-order valence-electron chi connectivity index (χ2n) is 7.77. The molecule has 0 spiro atoms. The molecule has 2 aromatic carbocycles. The Kier molecular flexibility index (Phi) is 7.24. The quantitative estimate of drug-likeness (QED) is 0.156. The zero-order chi connectivity index (χ0) is 24.1. The summed E-state index contributed by atoms with van der Waals surface area (Å²) in [6, 6.07) is 11.2. The molecule has 0 saturated carbocycles. The van der Waals surface area contributed by atoms with Crippen molar-refractivity contribution in [2.24, 2.45) is 0 Å². The fourth-order valence-electron chi connectivity index (χ4n) is 3.56. The normalized spacial score (nSPS) is 17.4. The summed E-state index contributed by atoms with van der Waals surface area (Å²) < 4.78 is 5.44. The number of non-ortho nitro benzene ring substituents is 1. The number of hydrogen-bond acceptors (Lipinski definition) is 7. The second-order valence-corrected chi connectivity index (χ2v) is 7.77. The second kappa shape index (κ2) is 10.1. The molecule has 1 aliphatic rings. The average Bonchev–Trinajstić information content (AvgIpc) is 3.06. The van der Waals surface area contributed by atoms with Crippen molar-refractivity contribution < 1.29 is 24.4 Å². The topological polar surface area (TPSA) is 113 Å². The molecule has 1 heterocycles. The molecule has 1 atom stereocenters. The first-order valence-electron chi connectivity index (χ1n) is 10.3. The highest BCUT2D eigenvalue weighted by Crippen LogP contribution is 2.39. The fourth-order valence-corrected chi connectivity index (χ4v) is 3.56. The number of rotatable bonds is 9. The molecule has 1 amide bonds. The first-order chi connectivity index (χ1) is 15.7. The number of likely N-dealkylation sites (N-methyl/N-ethyl adjacent to an activating group) is 1. The van der Waals surface area contributed by atoms with Crippen molar-refractivity contribution in [3.63, 3.8) is 0 Å². The van der Waals surface area contributed by atoms with Crippen LogP contribution in [0.4, 0.5) is 5.69 Å². The summed E-state index contributed by atoms with van der Waals surface area (Å²) in [5.41, 5.74) is 0.663. The highest BCUT2D eigenvalue weighted by Gasteiger charge is 2.46. The predicted molar refractivity (Wildman–Crippen MR) is 123 cm³/mol.